The Kier molecular flexibility index (Phi) is 3.86. The van der Waals surface area contributed by atoms with Crippen molar-refractivity contribution in [3.05, 3.63) is 48.9 Å². The standard InChI is InChI=1S/C18H20N6/c19-14-5-7-15(8-6-14)22-18-20-10-9-17(23-18)13-11-21-24(12-13)16-3-1-2-4-16/h5-12,16H,1-4,19H2,(H,20,22,23). The number of rotatable bonds is 4. The van der Waals surface area contributed by atoms with Gasteiger partial charge in [-0.25, -0.2) is 9.97 Å². The Morgan fingerprint density at radius 1 is 1.08 bits per heavy atom. The van der Waals surface area contributed by atoms with Crippen molar-refractivity contribution in [3.8, 4) is 11.3 Å². The van der Waals surface area contributed by atoms with Crippen LogP contribution in [0.15, 0.2) is 48.9 Å². The van der Waals surface area contributed by atoms with E-state index in [1.165, 1.54) is 25.7 Å². The molecule has 1 saturated carbocycles. The van der Waals surface area contributed by atoms with Crippen molar-refractivity contribution in [2.75, 3.05) is 11.1 Å². The molecular weight excluding hydrogens is 300 g/mol. The average Bonchev–Trinajstić information content (AvgIpc) is 3.28. The highest BCUT2D eigenvalue weighted by molar-refractivity contribution is 5.61. The molecule has 2 aromatic heterocycles. The summed E-state index contributed by atoms with van der Waals surface area (Å²) in [5.74, 6) is 0.561. The van der Waals surface area contributed by atoms with E-state index >= 15 is 0 Å². The molecule has 1 aromatic carbocycles. The van der Waals surface area contributed by atoms with E-state index in [9.17, 15) is 0 Å². The molecule has 6 nitrogen and oxygen atoms in total. The monoisotopic (exact) mass is 320 g/mol. The lowest BCUT2D eigenvalue weighted by Gasteiger charge is -2.08. The van der Waals surface area contributed by atoms with E-state index in [1.807, 2.05) is 36.5 Å². The largest absolute Gasteiger partial charge is 0.399 e. The average molecular weight is 320 g/mol. The van der Waals surface area contributed by atoms with Crippen LogP contribution in [0.2, 0.25) is 0 Å². The van der Waals surface area contributed by atoms with Gasteiger partial charge in [-0.05, 0) is 43.2 Å². The topological polar surface area (TPSA) is 81.6 Å². The van der Waals surface area contributed by atoms with Crippen LogP contribution in [0.25, 0.3) is 11.3 Å². The third kappa shape index (κ3) is 3.08. The molecule has 0 aliphatic heterocycles. The SMILES string of the molecule is Nc1ccc(Nc2nccc(-c3cnn(C4CCCC4)c3)n2)cc1. The zero-order valence-corrected chi connectivity index (χ0v) is 13.4. The zero-order valence-electron chi connectivity index (χ0n) is 13.4. The van der Waals surface area contributed by atoms with Gasteiger partial charge in [0.2, 0.25) is 5.95 Å². The number of hydrogen-bond acceptors (Lipinski definition) is 5. The van der Waals surface area contributed by atoms with Crippen LogP contribution in [0.1, 0.15) is 31.7 Å². The van der Waals surface area contributed by atoms with E-state index in [4.69, 9.17) is 5.73 Å². The number of benzene rings is 1. The lowest BCUT2D eigenvalue weighted by molar-refractivity contribution is 0.467. The summed E-state index contributed by atoms with van der Waals surface area (Å²) in [6.45, 7) is 0. The van der Waals surface area contributed by atoms with E-state index < -0.39 is 0 Å². The van der Waals surface area contributed by atoms with Crippen LogP contribution >= 0.6 is 0 Å². The van der Waals surface area contributed by atoms with Crippen molar-refractivity contribution in [3.63, 3.8) is 0 Å². The predicted molar refractivity (Wildman–Crippen MR) is 94.9 cm³/mol. The van der Waals surface area contributed by atoms with E-state index in [2.05, 4.69) is 31.3 Å². The molecule has 0 amide bonds. The summed E-state index contributed by atoms with van der Waals surface area (Å²) in [5, 5.41) is 7.72. The summed E-state index contributed by atoms with van der Waals surface area (Å²) in [4.78, 5) is 8.88. The molecule has 1 fully saturated rings. The van der Waals surface area contributed by atoms with Gasteiger partial charge in [0.05, 0.1) is 17.9 Å². The normalized spacial score (nSPS) is 14.8. The Labute approximate surface area is 140 Å². The molecule has 4 rings (SSSR count). The smallest absolute Gasteiger partial charge is 0.227 e. The Morgan fingerprint density at radius 2 is 1.88 bits per heavy atom. The second kappa shape index (κ2) is 6.31. The molecule has 1 aliphatic rings. The zero-order chi connectivity index (χ0) is 16.4. The van der Waals surface area contributed by atoms with E-state index in [-0.39, 0.29) is 0 Å². The van der Waals surface area contributed by atoms with E-state index in [0.717, 1.165) is 22.6 Å². The van der Waals surface area contributed by atoms with Crippen molar-refractivity contribution < 1.29 is 0 Å². The first-order valence-corrected chi connectivity index (χ1v) is 8.28. The van der Waals surface area contributed by atoms with Gasteiger partial charge in [-0.2, -0.15) is 5.10 Å². The van der Waals surface area contributed by atoms with Gasteiger partial charge >= 0.3 is 0 Å². The second-order valence-electron chi connectivity index (χ2n) is 6.16. The van der Waals surface area contributed by atoms with Crippen molar-refractivity contribution >= 4 is 17.3 Å². The molecule has 2 heterocycles. The maximum Gasteiger partial charge on any atom is 0.227 e. The molecule has 24 heavy (non-hydrogen) atoms. The maximum absolute atomic E-state index is 5.71. The van der Waals surface area contributed by atoms with Gasteiger partial charge in [0.15, 0.2) is 0 Å². The lowest BCUT2D eigenvalue weighted by Crippen LogP contribution is -2.04. The Morgan fingerprint density at radius 3 is 2.67 bits per heavy atom. The maximum atomic E-state index is 5.71. The third-order valence-corrected chi connectivity index (χ3v) is 4.42. The van der Waals surface area contributed by atoms with Gasteiger partial charge in [0.1, 0.15) is 0 Å². The fourth-order valence-electron chi connectivity index (χ4n) is 3.11. The van der Waals surface area contributed by atoms with Gasteiger partial charge in [-0.1, -0.05) is 12.8 Å². The number of hydrogen-bond donors (Lipinski definition) is 2. The molecule has 6 heteroatoms. The highest BCUT2D eigenvalue weighted by Crippen LogP contribution is 2.30. The molecule has 122 valence electrons. The number of anilines is 3. The van der Waals surface area contributed by atoms with Crippen LogP contribution < -0.4 is 11.1 Å². The molecule has 0 bridgehead atoms. The predicted octanol–water partition coefficient (Wildman–Crippen LogP) is 3.78. The third-order valence-electron chi connectivity index (χ3n) is 4.42. The Bertz CT molecular complexity index is 818. The van der Waals surface area contributed by atoms with Crippen LogP contribution in [0.3, 0.4) is 0 Å². The van der Waals surface area contributed by atoms with Crippen LogP contribution in [0.5, 0.6) is 0 Å². The molecule has 0 unspecified atom stereocenters. The summed E-state index contributed by atoms with van der Waals surface area (Å²) in [6, 6.07) is 9.94. The fourth-order valence-corrected chi connectivity index (χ4v) is 3.11. The Hall–Kier alpha value is -2.89. The minimum Gasteiger partial charge on any atom is -0.399 e. The van der Waals surface area contributed by atoms with Gasteiger partial charge in [-0.15, -0.1) is 0 Å². The summed E-state index contributed by atoms with van der Waals surface area (Å²) in [5.41, 5.74) is 9.23. The van der Waals surface area contributed by atoms with Crippen molar-refractivity contribution in [1.82, 2.24) is 19.7 Å². The van der Waals surface area contributed by atoms with Gasteiger partial charge < -0.3 is 11.1 Å². The first-order chi connectivity index (χ1) is 11.8. The number of aromatic nitrogens is 4. The molecule has 3 aromatic rings. The van der Waals surface area contributed by atoms with Crippen molar-refractivity contribution in [1.29, 1.82) is 0 Å². The van der Waals surface area contributed by atoms with Gasteiger partial charge in [0, 0.05) is 29.3 Å². The first-order valence-electron chi connectivity index (χ1n) is 8.28. The molecule has 0 spiro atoms. The summed E-state index contributed by atoms with van der Waals surface area (Å²) < 4.78 is 2.08. The highest BCUT2D eigenvalue weighted by atomic mass is 15.3. The van der Waals surface area contributed by atoms with Crippen LogP contribution in [-0.2, 0) is 0 Å². The second-order valence-corrected chi connectivity index (χ2v) is 6.16. The Balaban J connectivity index is 1.54. The van der Waals surface area contributed by atoms with Crippen molar-refractivity contribution in [2.24, 2.45) is 0 Å². The molecule has 0 atom stereocenters. The number of nitrogens with one attached hydrogen (secondary N) is 1. The van der Waals surface area contributed by atoms with Crippen molar-refractivity contribution in [2.45, 2.75) is 31.7 Å². The highest BCUT2D eigenvalue weighted by Gasteiger charge is 2.18. The molecular formula is C18H20N6. The number of nitrogen functional groups attached to an aromatic ring is 1. The minimum absolute atomic E-state index is 0.535. The number of nitrogens with two attached hydrogens (primary N) is 1. The molecule has 3 N–H and O–H groups in total. The minimum atomic E-state index is 0.535. The lowest BCUT2D eigenvalue weighted by atomic mass is 10.2. The van der Waals surface area contributed by atoms with Gasteiger partial charge in [-0.3, -0.25) is 4.68 Å². The molecule has 0 radical (unpaired) electrons. The number of nitrogens with zero attached hydrogens (tertiary/aromatic N) is 4. The van der Waals surface area contributed by atoms with Crippen LogP contribution in [0.4, 0.5) is 17.3 Å². The quantitative estimate of drug-likeness (QED) is 0.715. The summed E-state index contributed by atoms with van der Waals surface area (Å²) in [6.07, 6.45) is 10.8. The summed E-state index contributed by atoms with van der Waals surface area (Å²) in [7, 11) is 0. The van der Waals surface area contributed by atoms with E-state index in [0.29, 0.717) is 12.0 Å². The summed E-state index contributed by atoms with van der Waals surface area (Å²) >= 11 is 0. The fraction of sp³-hybridized carbons (Fsp3) is 0.278. The molecule has 0 saturated heterocycles. The molecule has 1 aliphatic carbocycles. The van der Waals surface area contributed by atoms with Crippen LogP contribution in [0, 0.1) is 0 Å². The van der Waals surface area contributed by atoms with Gasteiger partial charge in [0.25, 0.3) is 0 Å². The van der Waals surface area contributed by atoms with Crippen LogP contribution in [-0.4, -0.2) is 19.7 Å². The van der Waals surface area contributed by atoms with E-state index in [1.54, 1.807) is 6.20 Å². The first kappa shape index (κ1) is 14.7.